The number of hydrogen-bond donors (Lipinski definition) is 3. The van der Waals surface area contributed by atoms with Gasteiger partial charge in [-0.15, -0.1) is 0 Å². The number of aliphatic carboxylic acids is 1. The van der Waals surface area contributed by atoms with Gasteiger partial charge in [0.2, 0.25) is 0 Å². The zero-order valence-corrected chi connectivity index (χ0v) is 12.7. The average Bonchev–Trinajstić information content (AvgIpc) is 2.42. The molecular weight excluding hydrogens is 258 g/mol. The summed E-state index contributed by atoms with van der Waals surface area (Å²) < 4.78 is 0. The van der Waals surface area contributed by atoms with Gasteiger partial charge in [0, 0.05) is 19.1 Å². The van der Waals surface area contributed by atoms with Gasteiger partial charge in [0.05, 0.1) is 5.92 Å². The summed E-state index contributed by atoms with van der Waals surface area (Å²) >= 11 is 0. The highest BCUT2D eigenvalue weighted by Gasteiger charge is 2.25. The number of carboxylic acid groups (broad SMARTS) is 1. The molecule has 1 unspecified atom stereocenters. The molecule has 1 aliphatic rings. The Hall–Kier alpha value is -1.30. The van der Waals surface area contributed by atoms with Gasteiger partial charge in [0.1, 0.15) is 0 Å². The van der Waals surface area contributed by atoms with Crippen LogP contribution in [0.3, 0.4) is 0 Å². The predicted octanol–water partition coefficient (Wildman–Crippen LogP) is 1.13. The molecule has 1 aliphatic carbocycles. The summed E-state index contributed by atoms with van der Waals surface area (Å²) in [6, 6.07) is 0.158. The molecule has 20 heavy (non-hydrogen) atoms. The molecule has 1 fully saturated rings. The lowest BCUT2D eigenvalue weighted by atomic mass is 9.82. The van der Waals surface area contributed by atoms with E-state index in [-0.39, 0.29) is 11.9 Å². The van der Waals surface area contributed by atoms with Crippen molar-refractivity contribution in [3.05, 3.63) is 0 Å². The van der Waals surface area contributed by atoms with Gasteiger partial charge >= 0.3 is 12.0 Å². The first kappa shape index (κ1) is 16.8. The van der Waals surface area contributed by atoms with E-state index in [0.717, 1.165) is 25.7 Å². The molecule has 0 spiro atoms. The van der Waals surface area contributed by atoms with Crippen LogP contribution >= 0.6 is 0 Å². The Bertz CT molecular complexity index is 326. The van der Waals surface area contributed by atoms with Crippen LogP contribution in [0.25, 0.3) is 0 Å². The van der Waals surface area contributed by atoms with E-state index >= 15 is 0 Å². The standard InChI is InChI=1S/C14H27N3O3/c1-10(17(2)3)8-15-14(20)16-9-11-4-6-12(7-5-11)13(18)19/h10-12H,4-9H2,1-3H3,(H,18,19)(H2,15,16,20). The van der Waals surface area contributed by atoms with Crippen LogP contribution < -0.4 is 10.6 Å². The van der Waals surface area contributed by atoms with Crippen molar-refractivity contribution in [2.45, 2.75) is 38.6 Å². The minimum absolute atomic E-state index is 0.140. The molecule has 6 nitrogen and oxygen atoms in total. The second kappa shape index (κ2) is 8.09. The Morgan fingerprint density at radius 1 is 1.20 bits per heavy atom. The maximum atomic E-state index is 11.7. The number of hydrogen-bond acceptors (Lipinski definition) is 3. The van der Waals surface area contributed by atoms with Crippen molar-refractivity contribution in [3.8, 4) is 0 Å². The molecule has 0 aromatic heterocycles. The third-order valence-electron chi connectivity index (χ3n) is 4.19. The van der Waals surface area contributed by atoms with E-state index in [1.54, 1.807) is 0 Å². The highest BCUT2D eigenvalue weighted by molar-refractivity contribution is 5.73. The van der Waals surface area contributed by atoms with Crippen LogP contribution in [-0.2, 0) is 4.79 Å². The van der Waals surface area contributed by atoms with Crippen molar-refractivity contribution in [1.82, 2.24) is 15.5 Å². The average molecular weight is 285 g/mol. The Balaban J connectivity index is 2.15. The topological polar surface area (TPSA) is 81.7 Å². The van der Waals surface area contributed by atoms with Crippen LogP contribution in [-0.4, -0.2) is 55.2 Å². The lowest BCUT2D eigenvalue weighted by molar-refractivity contribution is -0.143. The molecule has 1 atom stereocenters. The van der Waals surface area contributed by atoms with Crippen LogP contribution in [0.1, 0.15) is 32.6 Å². The van der Waals surface area contributed by atoms with Crippen LogP contribution in [0, 0.1) is 11.8 Å². The first-order chi connectivity index (χ1) is 9.40. The fourth-order valence-corrected chi connectivity index (χ4v) is 2.34. The molecule has 6 heteroatoms. The number of urea groups is 1. The van der Waals surface area contributed by atoms with E-state index in [0.29, 0.717) is 25.0 Å². The number of nitrogens with zero attached hydrogens (tertiary/aromatic N) is 1. The van der Waals surface area contributed by atoms with Gasteiger partial charge in [-0.1, -0.05) is 0 Å². The molecule has 0 aliphatic heterocycles. The summed E-state index contributed by atoms with van der Waals surface area (Å²) in [6.07, 6.45) is 3.21. The summed E-state index contributed by atoms with van der Waals surface area (Å²) in [5, 5.41) is 14.6. The van der Waals surface area contributed by atoms with Crippen molar-refractivity contribution in [2.24, 2.45) is 11.8 Å². The third kappa shape index (κ3) is 5.77. The lowest BCUT2D eigenvalue weighted by Gasteiger charge is -2.26. The first-order valence-corrected chi connectivity index (χ1v) is 7.31. The summed E-state index contributed by atoms with van der Waals surface area (Å²) in [6.45, 7) is 3.30. The Kier molecular flexibility index (Phi) is 6.78. The Morgan fingerprint density at radius 2 is 1.80 bits per heavy atom. The molecule has 0 heterocycles. The molecule has 0 aromatic rings. The van der Waals surface area contributed by atoms with Gasteiger partial charge in [0.15, 0.2) is 0 Å². The largest absolute Gasteiger partial charge is 0.481 e. The predicted molar refractivity (Wildman–Crippen MR) is 77.6 cm³/mol. The van der Waals surface area contributed by atoms with E-state index in [2.05, 4.69) is 10.6 Å². The van der Waals surface area contributed by atoms with Gasteiger partial charge in [-0.2, -0.15) is 0 Å². The molecule has 1 rings (SSSR count). The summed E-state index contributed by atoms with van der Waals surface area (Å²) in [5.74, 6) is -0.476. The summed E-state index contributed by atoms with van der Waals surface area (Å²) in [7, 11) is 3.95. The Labute approximate surface area is 120 Å². The normalized spacial score (nSPS) is 24.2. The van der Waals surface area contributed by atoms with Gasteiger partial charge < -0.3 is 20.6 Å². The molecule has 3 N–H and O–H groups in total. The zero-order chi connectivity index (χ0) is 15.1. The summed E-state index contributed by atoms with van der Waals surface area (Å²) in [5.41, 5.74) is 0. The van der Waals surface area contributed by atoms with E-state index in [1.807, 2.05) is 25.9 Å². The van der Waals surface area contributed by atoms with Gasteiger partial charge in [0.25, 0.3) is 0 Å². The molecule has 0 saturated heterocycles. The fraction of sp³-hybridized carbons (Fsp3) is 0.857. The molecular formula is C14H27N3O3. The minimum atomic E-state index is -0.688. The fourth-order valence-electron chi connectivity index (χ4n) is 2.34. The van der Waals surface area contributed by atoms with Gasteiger partial charge in [-0.05, 0) is 52.6 Å². The van der Waals surface area contributed by atoms with E-state index in [9.17, 15) is 9.59 Å². The maximum absolute atomic E-state index is 11.7. The molecule has 0 radical (unpaired) electrons. The van der Waals surface area contributed by atoms with Crippen LogP contribution in [0.2, 0.25) is 0 Å². The second-order valence-electron chi connectivity index (χ2n) is 5.96. The number of amides is 2. The zero-order valence-electron chi connectivity index (χ0n) is 12.7. The van der Waals surface area contributed by atoms with Gasteiger partial charge in [-0.3, -0.25) is 4.79 Å². The number of nitrogens with one attached hydrogen (secondary N) is 2. The monoisotopic (exact) mass is 285 g/mol. The smallest absolute Gasteiger partial charge is 0.314 e. The highest BCUT2D eigenvalue weighted by Crippen LogP contribution is 2.28. The third-order valence-corrected chi connectivity index (χ3v) is 4.19. The quantitative estimate of drug-likeness (QED) is 0.683. The summed E-state index contributed by atoms with van der Waals surface area (Å²) in [4.78, 5) is 24.5. The maximum Gasteiger partial charge on any atom is 0.314 e. The van der Waals surface area contributed by atoms with Crippen LogP contribution in [0.5, 0.6) is 0 Å². The van der Waals surface area contributed by atoms with Gasteiger partial charge in [-0.25, -0.2) is 4.79 Å². The van der Waals surface area contributed by atoms with E-state index < -0.39 is 5.97 Å². The van der Waals surface area contributed by atoms with Crippen molar-refractivity contribution in [2.75, 3.05) is 27.2 Å². The minimum Gasteiger partial charge on any atom is -0.481 e. The van der Waals surface area contributed by atoms with Crippen molar-refractivity contribution in [3.63, 3.8) is 0 Å². The number of carbonyl (C=O) groups excluding carboxylic acids is 1. The number of carboxylic acids is 1. The van der Waals surface area contributed by atoms with Crippen LogP contribution in [0.15, 0.2) is 0 Å². The molecule has 0 aromatic carbocycles. The number of carbonyl (C=O) groups is 2. The molecule has 1 saturated carbocycles. The van der Waals surface area contributed by atoms with Crippen molar-refractivity contribution in [1.29, 1.82) is 0 Å². The number of likely N-dealkylation sites (N-methyl/N-ethyl adjacent to an activating group) is 1. The van der Waals surface area contributed by atoms with E-state index in [1.165, 1.54) is 0 Å². The van der Waals surface area contributed by atoms with E-state index in [4.69, 9.17) is 5.11 Å². The molecule has 2 amide bonds. The highest BCUT2D eigenvalue weighted by atomic mass is 16.4. The van der Waals surface area contributed by atoms with Crippen molar-refractivity contribution < 1.29 is 14.7 Å². The Morgan fingerprint density at radius 3 is 2.30 bits per heavy atom. The second-order valence-corrected chi connectivity index (χ2v) is 5.96. The first-order valence-electron chi connectivity index (χ1n) is 7.31. The SMILES string of the molecule is CC(CNC(=O)NCC1CCC(C(=O)O)CC1)N(C)C. The van der Waals surface area contributed by atoms with Crippen LogP contribution in [0.4, 0.5) is 4.79 Å². The molecule has 116 valence electrons. The number of rotatable bonds is 6. The van der Waals surface area contributed by atoms with Crippen molar-refractivity contribution >= 4 is 12.0 Å². The lowest BCUT2D eigenvalue weighted by Crippen LogP contribution is -2.44. The molecule has 0 bridgehead atoms.